The van der Waals surface area contributed by atoms with Crippen LogP contribution in [0.2, 0.25) is 0 Å². The molecule has 9 nitrogen and oxygen atoms in total. The number of methoxy groups -OCH3 is 1. The van der Waals surface area contributed by atoms with E-state index < -0.39 is 17.3 Å². The second-order valence-electron chi connectivity index (χ2n) is 12.6. The van der Waals surface area contributed by atoms with E-state index in [1.54, 1.807) is 0 Å². The van der Waals surface area contributed by atoms with Crippen LogP contribution >= 0.6 is 0 Å². The SMILES string of the molecule is COc1cc(-c2cc(C(=O)N3CCC(C(N)=O)CC34CC4[C@@H]3C[C@@H](N4CCC(F)(F)C4)C3(C)C)[nH]n2)c(F)cn1. The molecule has 0 bridgehead atoms. The van der Waals surface area contributed by atoms with Crippen LogP contribution in [0.3, 0.4) is 0 Å². The number of rotatable bonds is 6. The van der Waals surface area contributed by atoms with Crippen LogP contribution in [0, 0.1) is 29.0 Å². The second kappa shape index (κ2) is 9.19. The van der Waals surface area contributed by atoms with Crippen LogP contribution in [-0.4, -0.2) is 81.0 Å². The van der Waals surface area contributed by atoms with E-state index in [4.69, 9.17) is 10.5 Å². The molecule has 2 amide bonds. The molecule has 12 heteroatoms. The molecule has 216 valence electrons. The Hall–Kier alpha value is -3.15. The third-order valence-electron chi connectivity index (χ3n) is 10.1. The number of alkyl halides is 2. The number of primary amides is 1. The Morgan fingerprint density at radius 3 is 2.60 bits per heavy atom. The highest BCUT2D eigenvalue weighted by atomic mass is 19.3. The first-order valence-corrected chi connectivity index (χ1v) is 13.8. The lowest BCUT2D eigenvalue weighted by molar-refractivity contribution is -0.124. The van der Waals surface area contributed by atoms with E-state index in [2.05, 4.69) is 29.0 Å². The number of piperidine rings is 1. The van der Waals surface area contributed by atoms with Gasteiger partial charge >= 0.3 is 0 Å². The van der Waals surface area contributed by atoms with Crippen LogP contribution in [0.15, 0.2) is 18.3 Å². The minimum Gasteiger partial charge on any atom is -0.481 e. The lowest BCUT2D eigenvalue weighted by atomic mass is 9.55. The van der Waals surface area contributed by atoms with Crippen LogP contribution < -0.4 is 10.5 Å². The standard InChI is InChI=1S/C28H35F3N6O3/c1-26(2)17(9-22(26)36-7-5-28(30,31)14-36)18-12-27(18)11-15(24(32)38)4-6-37(27)25(39)21-10-20(34-35-21)16-8-23(40-3)33-13-19(16)29/h8,10,13,15,17-18,22H,4-7,9,11-12,14H2,1-3H3,(H2,32,38)(H,34,35)/t15?,17-,18?,22+,27?/m0/s1. The number of amides is 2. The van der Waals surface area contributed by atoms with Gasteiger partial charge in [-0.1, -0.05) is 13.8 Å². The van der Waals surface area contributed by atoms with Gasteiger partial charge in [-0.15, -0.1) is 0 Å². The Labute approximate surface area is 230 Å². The summed E-state index contributed by atoms with van der Waals surface area (Å²) in [4.78, 5) is 33.7. The predicted octanol–water partition coefficient (Wildman–Crippen LogP) is 3.47. The molecule has 0 aromatic carbocycles. The minimum atomic E-state index is -2.64. The molecule has 4 fully saturated rings. The molecule has 2 saturated carbocycles. The van der Waals surface area contributed by atoms with E-state index in [0.717, 1.165) is 19.0 Å². The number of nitrogens with zero attached hydrogens (tertiary/aromatic N) is 4. The fourth-order valence-corrected chi connectivity index (χ4v) is 7.78. The predicted molar refractivity (Wildman–Crippen MR) is 139 cm³/mol. The van der Waals surface area contributed by atoms with Crippen molar-refractivity contribution in [1.82, 2.24) is 25.0 Å². The van der Waals surface area contributed by atoms with E-state index in [1.807, 2.05) is 9.80 Å². The average molecular weight is 561 g/mol. The Morgan fingerprint density at radius 2 is 1.95 bits per heavy atom. The number of ether oxygens (including phenoxy) is 1. The van der Waals surface area contributed by atoms with Crippen molar-refractivity contribution in [1.29, 1.82) is 0 Å². The van der Waals surface area contributed by atoms with Crippen LogP contribution in [0.1, 0.15) is 56.4 Å². The molecule has 3 N–H and O–H groups in total. The molecule has 40 heavy (non-hydrogen) atoms. The number of carbonyl (C=O) groups excluding carboxylic acids is 2. The maximum absolute atomic E-state index is 14.5. The number of pyridine rings is 1. The van der Waals surface area contributed by atoms with Crippen molar-refractivity contribution >= 4 is 11.8 Å². The molecule has 1 spiro atoms. The third-order valence-corrected chi connectivity index (χ3v) is 10.1. The molecule has 2 aromatic heterocycles. The smallest absolute Gasteiger partial charge is 0.272 e. The lowest BCUT2D eigenvalue weighted by Gasteiger charge is -2.57. The first kappa shape index (κ1) is 27.0. The average Bonchev–Trinajstić information content (AvgIpc) is 3.22. The van der Waals surface area contributed by atoms with Crippen molar-refractivity contribution in [2.75, 3.05) is 26.7 Å². The molecule has 4 aliphatic rings. The summed E-state index contributed by atoms with van der Waals surface area (Å²) in [6.45, 7) is 4.82. The van der Waals surface area contributed by atoms with Gasteiger partial charge in [0.25, 0.3) is 11.8 Å². The number of aromatic nitrogens is 3. The molecule has 3 unspecified atom stereocenters. The lowest BCUT2D eigenvalue weighted by Crippen LogP contribution is -2.60. The van der Waals surface area contributed by atoms with Crippen molar-refractivity contribution in [2.24, 2.45) is 28.9 Å². The van der Waals surface area contributed by atoms with Gasteiger partial charge in [-0.3, -0.25) is 19.6 Å². The summed E-state index contributed by atoms with van der Waals surface area (Å²) in [5.41, 5.74) is 5.60. The largest absolute Gasteiger partial charge is 0.481 e. The Balaban J connectivity index is 1.24. The van der Waals surface area contributed by atoms with E-state index in [1.165, 1.54) is 19.2 Å². The zero-order chi connectivity index (χ0) is 28.6. The Kier molecular flexibility index (Phi) is 6.21. The van der Waals surface area contributed by atoms with Crippen molar-refractivity contribution in [3.63, 3.8) is 0 Å². The maximum Gasteiger partial charge on any atom is 0.272 e. The van der Waals surface area contributed by atoms with Crippen LogP contribution in [-0.2, 0) is 4.79 Å². The maximum atomic E-state index is 14.5. The van der Waals surface area contributed by atoms with Crippen LogP contribution in [0.25, 0.3) is 11.3 Å². The number of likely N-dealkylation sites (tertiary alicyclic amines) is 2. The number of carbonyl (C=O) groups is 2. The number of hydrogen-bond acceptors (Lipinski definition) is 6. The summed E-state index contributed by atoms with van der Waals surface area (Å²) in [5, 5.41) is 6.95. The highest BCUT2D eigenvalue weighted by Gasteiger charge is 2.70. The van der Waals surface area contributed by atoms with E-state index in [-0.39, 0.29) is 76.8 Å². The summed E-state index contributed by atoms with van der Waals surface area (Å²) in [6, 6.07) is 3.00. The fraction of sp³-hybridized carbons (Fsp3) is 0.643. The highest BCUT2D eigenvalue weighted by Crippen LogP contribution is 2.67. The van der Waals surface area contributed by atoms with Gasteiger partial charge < -0.3 is 15.4 Å². The molecule has 2 aliphatic heterocycles. The Bertz CT molecular complexity index is 1350. The first-order chi connectivity index (χ1) is 18.9. The van der Waals surface area contributed by atoms with E-state index in [0.29, 0.717) is 25.9 Å². The number of nitrogens with one attached hydrogen (secondary N) is 1. The van der Waals surface area contributed by atoms with Crippen molar-refractivity contribution in [3.05, 3.63) is 29.8 Å². The molecule has 2 aliphatic carbocycles. The second-order valence-corrected chi connectivity index (χ2v) is 12.6. The zero-order valence-corrected chi connectivity index (χ0v) is 22.9. The van der Waals surface area contributed by atoms with Gasteiger partial charge in [0.05, 0.1) is 25.5 Å². The van der Waals surface area contributed by atoms with Gasteiger partial charge in [0.2, 0.25) is 11.8 Å². The Morgan fingerprint density at radius 1 is 1.18 bits per heavy atom. The third kappa shape index (κ3) is 4.26. The molecule has 2 aromatic rings. The van der Waals surface area contributed by atoms with Gasteiger partial charge in [0, 0.05) is 48.6 Å². The zero-order valence-electron chi connectivity index (χ0n) is 22.9. The number of H-pyrrole nitrogens is 1. The van der Waals surface area contributed by atoms with E-state index >= 15 is 0 Å². The quantitative estimate of drug-likeness (QED) is 0.559. The van der Waals surface area contributed by atoms with Crippen molar-refractivity contribution in [3.8, 4) is 17.1 Å². The number of aromatic amines is 1. The van der Waals surface area contributed by atoms with Crippen LogP contribution in [0.4, 0.5) is 13.2 Å². The van der Waals surface area contributed by atoms with Gasteiger partial charge in [-0.2, -0.15) is 5.10 Å². The summed E-state index contributed by atoms with van der Waals surface area (Å²) >= 11 is 0. The highest BCUT2D eigenvalue weighted by molar-refractivity contribution is 5.94. The molecule has 0 radical (unpaired) electrons. The van der Waals surface area contributed by atoms with Gasteiger partial charge in [-0.25, -0.2) is 18.2 Å². The van der Waals surface area contributed by atoms with Gasteiger partial charge in [-0.05, 0) is 49.0 Å². The molecule has 6 rings (SSSR count). The molecular formula is C28H35F3N6O3. The van der Waals surface area contributed by atoms with Gasteiger partial charge in [0.15, 0.2) is 5.82 Å². The number of hydrogen-bond donors (Lipinski definition) is 2. The minimum absolute atomic E-state index is 0.0608. The summed E-state index contributed by atoms with van der Waals surface area (Å²) in [6.07, 6.45) is 3.40. The number of nitrogens with two attached hydrogens (primary N) is 1. The normalized spacial score (nSPS) is 32.6. The van der Waals surface area contributed by atoms with Crippen molar-refractivity contribution in [2.45, 2.75) is 63.5 Å². The van der Waals surface area contributed by atoms with Gasteiger partial charge in [0.1, 0.15) is 5.69 Å². The summed E-state index contributed by atoms with van der Waals surface area (Å²) in [7, 11) is 1.43. The van der Waals surface area contributed by atoms with Crippen molar-refractivity contribution < 1.29 is 27.5 Å². The fourth-order valence-electron chi connectivity index (χ4n) is 7.78. The van der Waals surface area contributed by atoms with E-state index in [9.17, 15) is 22.8 Å². The molecule has 5 atom stereocenters. The monoisotopic (exact) mass is 560 g/mol. The molecular weight excluding hydrogens is 525 g/mol. The van der Waals surface area contributed by atoms with Crippen LogP contribution in [0.5, 0.6) is 5.88 Å². The molecule has 2 saturated heterocycles. The first-order valence-electron chi connectivity index (χ1n) is 13.8. The topological polar surface area (TPSA) is 117 Å². The summed E-state index contributed by atoms with van der Waals surface area (Å²) < 4.78 is 47.5. The summed E-state index contributed by atoms with van der Waals surface area (Å²) in [5.74, 6) is -3.62. The molecule has 4 heterocycles. The number of halogens is 3.